The number of imide groups is 1. The van der Waals surface area contributed by atoms with Crippen molar-refractivity contribution < 1.29 is 9.59 Å². The maximum atomic E-state index is 10.6. The molecule has 2 amide bonds. The third-order valence-corrected chi connectivity index (χ3v) is 1.68. The Labute approximate surface area is 56.8 Å². The van der Waals surface area contributed by atoms with E-state index in [4.69, 9.17) is 0 Å². The van der Waals surface area contributed by atoms with Crippen molar-refractivity contribution in [2.24, 2.45) is 0 Å². The molecule has 9 heavy (non-hydrogen) atoms. The molecule has 1 aliphatic rings. The monoisotopic (exact) mass is 143 g/mol. The second-order valence-corrected chi connectivity index (χ2v) is 2.22. The lowest BCUT2D eigenvalue weighted by molar-refractivity contribution is -0.130. The molecule has 0 spiro atoms. The number of nitrogens with zero attached hydrogens (tertiary/aromatic N) is 1. The highest BCUT2D eigenvalue weighted by molar-refractivity contribution is 7.97. The van der Waals surface area contributed by atoms with E-state index in [0.717, 1.165) is 16.3 Å². The van der Waals surface area contributed by atoms with Gasteiger partial charge in [-0.1, -0.05) is 0 Å². The Bertz CT molecular complexity index is 169. The van der Waals surface area contributed by atoms with Crippen molar-refractivity contribution in [3.63, 3.8) is 0 Å². The molecule has 1 aliphatic heterocycles. The Morgan fingerprint density at radius 1 is 1.33 bits per heavy atom. The average Bonchev–Trinajstić information content (AvgIpc) is 2.12. The highest BCUT2D eigenvalue weighted by Crippen LogP contribution is 2.12. The summed E-state index contributed by atoms with van der Waals surface area (Å²) in [6.45, 7) is 0. The summed E-state index contributed by atoms with van der Waals surface area (Å²) in [5.41, 5.74) is 0. The molecule has 4 heteroatoms. The Kier molecular flexibility index (Phi) is 1.57. The Morgan fingerprint density at radius 2 is 1.78 bits per heavy atom. The summed E-state index contributed by atoms with van der Waals surface area (Å²) in [7, 11) is 0. The first-order valence-electron chi connectivity index (χ1n) is 2.36. The predicted molar refractivity (Wildman–Crippen MR) is 34.5 cm³/mol. The summed E-state index contributed by atoms with van der Waals surface area (Å²) < 4.78 is 1.10. The maximum absolute atomic E-state index is 10.6. The second kappa shape index (κ2) is 2.23. The van der Waals surface area contributed by atoms with Crippen molar-refractivity contribution in [1.29, 1.82) is 0 Å². The van der Waals surface area contributed by atoms with E-state index in [2.05, 4.69) is 0 Å². The molecule has 0 aliphatic carbocycles. The van der Waals surface area contributed by atoms with E-state index >= 15 is 0 Å². The minimum atomic E-state index is -0.243. The third-order valence-electron chi connectivity index (χ3n) is 0.951. The van der Waals surface area contributed by atoms with E-state index in [1.807, 2.05) is 0 Å². The number of carbonyl (C=O) groups is 2. The van der Waals surface area contributed by atoms with E-state index < -0.39 is 0 Å². The van der Waals surface area contributed by atoms with Gasteiger partial charge in [-0.25, -0.2) is 4.31 Å². The highest BCUT2D eigenvalue weighted by Gasteiger charge is 2.21. The molecule has 1 rings (SSSR count). The second-order valence-electron chi connectivity index (χ2n) is 1.49. The van der Waals surface area contributed by atoms with Crippen LogP contribution in [0.1, 0.15) is 0 Å². The van der Waals surface area contributed by atoms with Crippen molar-refractivity contribution in [3.05, 3.63) is 12.2 Å². The standard InChI is InChI=1S/C5H5NO2S/c1-9-6-4(7)2-3-5(6)8/h2-3H,1H3. The minimum absolute atomic E-state index is 0.243. The molecule has 1 heterocycles. The van der Waals surface area contributed by atoms with Gasteiger partial charge in [0.15, 0.2) is 0 Å². The van der Waals surface area contributed by atoms with Crippen molar-refractivity contribution in [2.45, 2.75) is 0 Å². The molecule has 0 aromatic carbocycles. The molecule has 48 valence electrons. The quantitative estimate of drug-likeness (QED) is 0.388. The zero-order valence-corrected chi connectivity index (χ0v) is 5.64. The van der Waals surface area contributed by atoms with E-state index in [9.17, 15) is 9.59 Å². The lowest BCUT2D eigenvalue weighted by Gasteiger charge is -2.06. The summed E-state index contributed by atoms with van der Waals surface area (Å²) >= 11 is 1.12. The Hall–Kier alpha value is -0.770. The van der Waals surface area contributed by atoms with Gasteiger partial charge in [-0.2, -0.15) is 0 Å². The molecule has 0 bridgehead atoms. The van der Waals surface area contributed by atoms with Gasteiger partial charge in [0.25, 0.3) is 11.8 Å². The van der Waals surface area contributed by atoms with Crippen LogP contribution >= 0.6 is 11.9 Å². The van der Waals surface area contributed by atoms with Gasteiger partial charge in [0, 0.05) is 18.4 Å². The SMILES string of the molecule is CSN1C(=O)C=CC1=O. The van der Waals surface area contributed by atoms with Gasteiger partial charge in [0.1, 0.15) is 0 Å². The number of amides is 2. The number of carbonyl (C=O) groups excluding carboxylic acids is 2. The molecule has 0 aromatic rings. The van der Waals surface area contributed by atoms with E-state index in [-0.39, 0.29) is 11.8 Å². The largest absolute Gasteiger partial charge is 0.268 e. The lowest BCUT2D eigenvalue weighted by Crippen LogP contribution is -2.21. The molecule has 3 nitrogen and oxygen atoms in total. The molecular formula is C5H5NO2S. The first kappa shape index (κ1) is 6.35. The molecule has 0 saturated carbocycles. The minimum Gasteiger partial charge on any atom is -0.268 e. The zero-order valence-electron chi connectivity index (χ0n) is 4.83. The summed E-state index contributed by atoms with van der Waals surface area (Å²) in [5.74, 6) is -0.486. The number of rotatable bonds is 1. The van der Waals surface area contributed by atoms with Gasteiger partial charge in [-0.3, -0.25) is 9.59 Å². The van der Waals surface area contributed by atoms with Crippen molar-refractivity contribution >= 4 is 23.8 Å². The Morgan fingerprint density at radius 3 is 2.00 bits per heavy atom. The van der Waals surface area contributed by atoms with Crippen LogP contribution in [0.2, 0.25) is 0 Å². The van der Waals surface area contributed by atoms with Gasteiger partial charge in [-0.05, 0) is 11.9 Å². The van der Waals surface area contributed by atoms with Crippen molar-refractivity contribution in [3.8, 4) is 0 Å². The van der Waals surface area contributed by atoms with Crippen LogP contribution in [0, 0.1) is 0 Å². The van der Waals surface area contributed by atoms with E-state index in [1.165, 1.54) is 12.2 Å². The van der Waals surface area contributed by atoms with Gasteiger partial charge in [0.2, 0.25) is 0 Å². The lowest BCUT2D eigenvalue weighted by atomic mass is 10.6. The first-order valence-corrected chi connectivity index (χ1v) is 3.54. The highest BCUT2D eigenvalue weighted by atomic mass is 32.2. The fourth-order valence-corrected chi connectivity index (χ4v) is 1.05. The topological polar surface area (TPSA) is 37.4 Å². The molecule has 0 unspecified atom stereocenters. The van der Waals surface area contributed by atoms with Crippen LogP contribution in [0.5, 0.6) is 0 Å². The molecule has 0 aromatic heterocycles. The van der Waals surface area contributed by atoms with Gasteiger partial charge in [0.05, 0.1) is 0 Å². The van der Waals surface area contributed by atoms with Crippen LogP contribution in [-0.2, 0) is 9.59 Å². The van der Waals surface area contributed by atoms with E-state index in [1.54, 1.807) is 6.26 Å². The molecule has 0 saturated heterocycles. The summed E-state index contributed by atoms with van der Waals surface area (Å²) in [6, 6.07) is 0. The smallest absolute Gasteiger partial charge is 0.263 e. The van der Waals surface area contributed by atoms with Crippen LogP contribution in [0.25, 0.3) is 0 Å². The fourth-order valence-electron chi connectivity index (χ4n) is 0.567. The van der Waals surface area contributed by atoms with Crippen LogP contribution in [0.3, 0.4) is 0 Å². The van der Waals surface area contributed by atoms with Crippen LogP contribution in [0.15, 0.2) is 12.2 Å². The van der Waals surface area contributed by atoms with Gasteiger partial charge < -0.3 is 0 Å². The zero-order chi connectivity index (χ0) is 6.85. The molecule has 0 N–H and O–H groups in total. The normalized spacial score (nSPS) is 17.7. The van der Waals surface area contributed by atoms with Crippen molar-refractivity contribution in [1.82, 2.24) is 4.31 Å². The van der Waals surface area contributed by atoms with Gasteiger partial charge in [-0.15, -0.1) is 0 Å². The third kappa shape index (κ3) is 0.977. The maximum Gasteiger partial charge on any atom is 0.263 e. The first-order chi connectivity index (χ1) is 4.25. The fraction of sp³-hybridized carbons (Fsp3) is 0.200. The van der Waals surface area contributed by atoms with Crippen LogP contribution in [-0.4, -0.2) is 22.4 Å². The van der Waals surface area contributed by atoms with Crippen LogP contribution in [0.4, 0.5) is 0 Å². The molecular weight excluding hydrogens is 138 g/mol. The predicted octanol–water partition coefficient (Wildman–Crippen LogP) is 0.189. The van der Waals surface area contributed by atoms with Gasteiger partial charge >= 0.3 is 0 Å². The van der Waals surface area contributed by atoms with E-state index in [0.29, 0.717) is 0 Å². The summed E-state index contributed by atoms with van der Waals surface area (Å²) in [6.07, 6.45) is 4.21. The Balaban J connectivity index is 2.75. The number of hydrogen-bond donors (Lipinski definition) is 0. The molecule has 0 radical (unpaired) electrons. The molecule has 0 fully saturated rings. The number of hydrogen-bond acceptors (Lipinski definition) is 3. The summed E-state index contributed by atoms with van der Waals surface area (Å²) in [5, 5.41) is 0. The van der Waals surface area contributed by atoms with Crippen LogP contribution < -0.4 is 0 Å². The van der Waals surface area contributed by atoms with Crippen molar-refractivity contribution in [2.75, 3.05) is 6.26 Å². The molecule has 0 atom stereocenters. The summed E-state index contributed by atoms with van der Waals surface area (Å²) in [4.78, 5) is 21.2. The average molecular weight is 143 g/mol.